The number of aliphatic hydroxyl groups excluding tert-OH is 1. The van der Waals surface area contributed by atoms with Crippen molar-refractivity contribution in [1.29, 1.82) is 0 Å². The van der Waals surface area contributed by atoms with E-state index in [1.807, 2.05) is 0 Å². The molecule has 14 heteroatoms. The first-order chi connectivity index (χ1) is 22.3. The highest BCUT2D eigenvalue weighted by molar-refractivity contribution is 6.31. The van der Waals surface area contributed by atoms with Crippen molar-refractivity contribution in [3.05, 3.63) is 124 Å². The highest BCUT2D eigenvalue weighted by Crippen LogP contribution is 2.38. The van der Waals surface area contributed by atoms with Gasteiger partial charge in [-0.25, -0.2) is 9.37 Å². The van der Waals surface area contributed by atoms with E-state index in [1.165, 1.54) is 41.4 Å². The standard InChI is InChI=1S/C32H26ClFN8O4/c33-24-12-13-25(42-18-37-39-40-42)23(29(24)34)11-14-28(43)41-17-15-21-22(4-3-5-26(21)46-27-6-1-2-16-36-27)30(41)32(45)38-20-9-7-19(8-10-20)31(35)44/h1-14,16,18,28,30,43H,15,17H2,(H2,35,44)(H,38,45). The average molecular weight is 641 g/mol. The Kier molecular flexibility index (Phi) is 8.79. The molecule has 0 aliphatic carbocycles. The molecule has 6 rings (SSSR count). The summed E-state index contributed by atoms with van der Waals surface area (Å²) in [6.07, 6.45) is 4.73. The number of hydrogen-bond donors (Lipinski definition) is 3. The van der Waals surface area contributed by atoms with Gasteiger partial charge in [-0.3, -0.25) is 14.5 Å². The average Bonchev–Trinajstić information content (AvgIpc) is 3.60. The lowest BCUT2D eigenvalue weighted by Crippen LogP contribution is -2.46. The number of fused-ring (bicyclic) bond motifs is 1. The minimum atomic E-state index is -1.35. The molecule has 0 bridgehead atoms. The van der Waals surface area contributed by atoms with E-state index >= 15 is 4.39 Å². The second kappa shape index (κ2) is 13.2. The van der Waals surface area contributed by atoms with E-state index in [-0.39, 0.29) is 22.7 Å². The zero-order valence-electron chi connectivity index (χ0n) is 24.0. The molecule has 1 aliphatic heterocycles. The molecule has 0 fully saturated rings. The molecule has 3 heterocycles. The molecule has 1 aliphatic rings. The number of nitrogens with zero attached hydrogens (tertiary/aromatic N) is 6. The normalized spacial score (nSPS) is 15.3. The molecule has 12 nitrogen and oxygen atoms in total. The van der Waals surface area contributed by atoms with Gasteiger partial charge >= 0.3 is 0 Å². The van der Waals surface area contributed by atoms with Crippen LogP contribution in [0.3, 0.4) is 0 Å². The Morgan fingerprint density at radius 1 is 1.11 bits per heavy atom. The van der Waals surface area contributed by atoms with Gasteiger partial charge in [-0.1, -0.05) is 29.8 Å². The van der Waals surface area contributed by atoms with Crippen LogP contribution in [0, 0.1) is 5.82 Å². The number of pyridine rings is 1. The van der Waals surface area contributed by atoms with Gasteiger partial charge in [0, 0.05) is 41.2 Å². The van der Waals surface area contributed by atoms with Gasteiger partial charge in [0.15, 0.2) is 5.82 Å². The fraction of sp³-hybridized carbons (Fsp3) is 0.125. The first kappa shape index (κ1) is 30.5. The molecule has 0 radical (unpaired) electrons. The fourth-order valence-corrected chi connectivity index (χ4v) is 5.42. The van der Waals surface area contributed by atoms with Crippen LogP contribution in [-0.2, 0) is 11.2 Å². The summed E-state index contributed by atoms with van der Waals surface area (Å²) in [6.45, 7) is 0.234. The zero-order valence-corrected chi connectivity index (χ0v) is 24.8. The molecule has 2 unspecified atom stereocenters. The molecule has 4 N–H and O–H groups in total. The van der Waals surface area contributed by atoms with Crippen molar-refractivity contribution < 1.29 is 23.8 Å². The van der Waals surface area contributed by atoms with Gasteiger partial charge in [-0.2, -0.15) is 4.68 Å². The van der Waals surface area contributed by atoms with Crippen molar-refractivity contribution in [3.8, 4) is 17.3 Å². The van der Waals surface area contributed by atoms with Crippen LogP contribution in [0.5, 0.6) is 11.6 Å². The van der Waals surface area contributed by atoms with Crippen LogP contribution >= 0.6 is 11.6 Å². The molecule has 2 atom stereocenters. The quantitative estimate of drug-likeness (QED) is 0.213. The highest BCUT2D eigenvalue weighted by atomic mass is 35.5. The van der Waals surface area contributed by atoms with Gasteiger partial charge in [0.2, 0.25) is 17.7 Å². The number of primary amides is 1. The first-order valence-electron chi connectivity index (χ1n) is 14.0. The lowest BCUT2D eigenvalue weighted by Gasteiger charge is -2.38. The van der Waals surface area contributed by atoms with Gasteiger partial charge in [0.25, 0.3) is 0 Å². The molecule has 0 saturated carbocycles. The van der Waals surface area contributed by atoms with E-state index in [9.17, 15) is 14.7 Å². The summed E-state index contributed by atoms with van der Waals surface area (Å²) in [4.78, 5) is 31.3. The number of carbonyl (C=O) groups excluding carboxylic acids is 2. The summed E-state index contributed by atoms with van der Waals surface area (Å²) in [5, 5.41) is 25.3. The maximum Gasteiger partial charge on any atom is 0.248 e. The molecule has 2 aromatic heterocycles. The Balaban J connectivity index is 1.35. The molecular formula is C32H26ClFN8O4. The Labute approximate surface area is 266 Å². The number of hydrogen-bond acceptors (Lipinski definition) is 9. The Morgan fingerprint density at radius 3 is 2.65 bits per heavy atom. The number of benzene rings is 3. The van der Waals surface area contributed by atoms with Crippen molar-refractivity contribution in [1.82, 2.24) is 30.1 Å². The number of anilines is 1. The minimum absolute atomic E-state index is 0.0397. The number of aromatic nitrogens is 5. The van der Waals surface area contributed by atoms with E-state index in [0.717, 1.165) is 5.56 Å². The lowest BCUT2D eigenvalue weighted by molar-refractivity contribution is -0.125. The third-order valence-electron chi connectivity index (χ3n) is 7.43. The zero-order chi connectivity index (χ0) is 32.2. The van der Waals surface area contributed by atoms with Crippen molar-refractivity contribution >= 4 is 35.2 Å². The second-order valence-corrected chi connectivity index (χ2v) is 10.6. The number of halogens is 2. The second-order valence-electron chi connectivity index (χ2n) is 10.2. The Morgan fingerprint density at radius 2 is 1.93 bits per heavy atom. The molecule has 5 aromatic rings. The number of nitrogens with two attached hydrogens (primary N) is 1. The van der Waals surface area contributed by atoms with E-state index < -0.39 is 29.9 Å². The van der Waals surface area contributed by atoms with Crippen molar-refractivity contribution in [3.63, 3.8) is 0 Å². The van der Waals surface area contributed by atoms with E-state index in [1.54, 1.807) is 65.7 Å². The van der Waals surface area contributed by atoms with Gasteiger partial charge in [-0.05, 0) is 83.1 Å². The summed E-state index contributed by atoms with van der Waals surface area (Å²) < 4.78 is 22.6. The fourth-order valence-electron chi connectivity index (χ4n) is 5.25. The van der Waals surface area contributed by atoms with Crippen LogP contribution in [-0.4, -0.2) is 59.8 Å². The predicted octanol–water partition coefficient (Wildman–Crippen LogP) is 4.31. The monoisotopic (exact) mass is 640 g/mol. The lowest BCUT2D eigenvalue weighted by atomic mass is 9.90. The van der Waals surface area contributed by atoms with Crippen LogP contribution in [0.4, 0.5) is 10.1 Å². The van der Waals surface area contributed by atoms with Crippen LogP contribution < -0.4 is 15.8 Å². The molecule has 3 aromatic carbocycles. The summed E-state index contributed by atoms with van der Waals surface area (Å²) in [5.74, 6) is -0.874. The summed E-state index contributed by atoms with van der Waals surface area (Å²) >= 11 is 6.07. The molecule has 0 saturated heterocycles. The predicted molar refractivity (Wildman–Crippen MR) is 167 cm³/mol. The number of nitrogens with one attached hydrogen (secondary N) is 1. The Bertz CT molecular complexity index is 1910. The molecule has 232 valence electrons. The molecule has 2 amide bonds. The van der Waals surface area contributed by atoms with Crippen molar-refractivity contribution in [2.24, 2.45) is 5.73 Å². The maximum atomic E-state index is 15.2. The van der Waals surface area contributed by atoms with Gasteiger partial charge in [0.05, 0.1) is 10.7 Å². The van der Waals surface area contributed by atoms with Crippen LogP contribution in [0.1, 0.15) is 33.1 Å². The minimum Gasteiger partial charge on any atom is -0.439 e. The summed E-state index contributed by atoms with van der Waals surface area (Å²) in [7, 11) is 0. The van der Waals surface area contributed by atoms with E-state index in [2.05, 4.69) is 25.8 Å². The van der Waals surface area contributed by atoms with E-state index in [4.69, 9.17) is 22.1 Å². The smallest absolute Gasteiger partial charge is 0.248 e. The number of rotatable bonds is 9. The van der Waals surface area contributed by atoms with Crippen molar-refractivity contribution in [2.45, 2.75) is 18.7 Å². The van der Waals surface area contributed by atoms with E-state index in [0.29, 0.717) is 35.0 Å². The third kappa shape index (κ3) is 6.33. The largest absolute Gasteiger partial charge is 0.439 e. The van der Waals surface area contributed by atoms with Gasteiger partial charge < -0.3 is 20.9 Å². The number of aliphatic hydroxyl groups is 1. The summed E-state index contributed by atoms with van der Waals surface area (Å²) in [5.41, 5.74) is 7.76. The maximum absolute atomic E-state index is 15.2. The number of carbonyl (C=O) groups is 2. The molecular weight excluding hydrogens is 615 g/mol. The number of ether oxygens (including phenoxy) is 1. The van der Waals surface area contributed by atoms with Gasteiger partial charge in [-0.15, -0.1) is 5.10 Å². The first-order valence-corrected chi connectivity index (χ1v) is 14.4. The molecule has 46 heavy (non-hydrogen) atoms. The van der Waals surface area contributed by atoms with Gasteiger partial charge in [0.1, 0.15) is 24.3 Å². The SMILES string of the molecule is NC(=O)c1ccc(NC(=O)C2c3cccc(Oc4ccccn4)c3CCN2C(O)C=Cc2c(-n3cnnn3)ccc(Cl)c2F)cc1. The summed E-state index contributed by atoms with van der Waals surface area (Å²) in [6, 6.07) is 18.7. The molecule has 0 spiro atoms. The van der Waals surface area contributed by atoms with Crippen LogP contribution in [0.15, 0.2) is 91.4 Å². The Hall–Kier alpha value is -5.50. The van der Waals surface area contributed by atoms with Crippen LogP contribution in [0.25, 0.3) is 11.8 Å². The van der Waals surface area contributed by atoms with Crippen molar-refractivity contribution in [2.75, 3.05) is 11.9 Å². The number of amides is 2. The number of tetrazole rings is 1. The highest BCUT2D eigenvalue weighted by Gasteiger charge is 2.37. The third-order valence-corrected chi connectivity index (χ3v) is 7.73. The topological polar surface area (TPSA) is 161 Å². The van der Waals surface area contributed by atoms with Crippen LogP contribution in [0.2, 0.25) is 5.02 Å².